The van der Waals surface area contributed by atoms with Crippen molar-refractivity contribution in [3.05, 3.63) is 0 Å². The van der Waals surface area contributed by atoms with E-state index in [1.54, 1.807) is 0 Å². The van der Waals surface area contributed by atoms with Gasteiger partial charge in [-0.15, -0.1) is 0 Å². The number of amides is 2. The fourth-order valence-electron chi connectivity index (χ4n) is 2.69. The summed E-state index contributed by atoms with van der Waals surface area (Å²) in [5, 5.41) is 8.88. The van der Waals surface area contributed by atoms with Crippen molar-refractivity contribution in [2.45, 2.75) is 13.8 Å². The van der Waals surface area contributed by atoms with Crippen LogP contribution in [0.25, 0.3) is 0 Å². The molecule has 0 saturated carbocycles. The molecule has 2 fully saturated rings. The monoisotopic (exact) mass is 226 g/mol. The van der Waals surface area contributed by atoms with Crippen LogP contribution in [0.2, 0.25) is 0 Å². The zero-order valence-electron chi connectivity index (χ0n) is 9.72. The molecule has 2 rings (SSSR count). The first-order chi connectivity index (χ1) is 7.49. The van der Waals surface area contributed by atoms with E-state index in [9.17, 15) is 9.59 Å². The summed E-state index contributed by atoms with van der Waals surface area (Å²) in [5.74, 6) is 0.920. The van der Waals surface area contributed by atoms with E-state index in [0.717, 1.165) is 13.1 Å². The summed E-state index contributed by atoms with van der Waals surface area (Å²) in [6.07, 6.45) is -0.837. The maximum Gasteiger partial charge on any atom is 0.407 e. The molecule has 0 bridgehead atoms. The summed E-state index contributed by atoms with van der Waals surface area (Å²) in [5.41, 5.74) is 0. The molecule has 5 nitrogen and oxygen atoms in total. The third-order valence-corrected chi connectivity index (χ3v) is 3.56. The normalized spacial score (nSPS) is 28.7. The first kappa shape index (κ1) is 11.2. The van der Waals surface area contributed by atoms with Gasteiger partial charge in [0.25, 0.3) is 0 Å². The highest BCUT2D eigenvalue weighted by Gasteiger charge is 2.43. The minimum Gasteiger partial charge on any atom is -0.465 e. The average Bonchev–Trinajstić information content (AvgIpc) is 2.72. The van der Waals surface area contributed by atoms with Gasteiger partial charge in [-0.2, -0.15) is 0 Å². The zero-order valence-corrected chi connectivity index (χ0v) is 9.72. The summed E-state index contributed by atoms with van der Waals surface area (Å²) >= 11 is 0. The van der Waals surface area contributed by atoms with Crippen molar-refractivity contribution in [3.63, 3.8) is 0 Å². The van der Waals surface area contributed by atoms with E-state index < -0.39 is 6.09 Å². The Balaban J connectivity index is 1.93. The molecule has 5 heteroatoms. The van der Waals surface area contributed by atoms with E-state index in [4.69, 9.17) is 5.11 Å². The number of hydrogen-bond donors (Lipinski definition) is 1. The second kappa shape index (κ2) is 3.96. The molecular weight excluding hydrogens is 208 g/mol. The fraction of sp³-hybridized carbons (Fsp3) is 0.818. The molecule has 2 aliphatic rings. The van der Waals surface area contributed by atoms with Crippen LogP contribution in [0.5, 0.6) is 0 Å². The number of nitrogens with zero attached hydrogens (tertiary/aromatic N) is 2. The quantitative estimate of drug-likeness (QED) is 0.716. The van der Waals surface area contributed by atoms with Crippen LogP contribution < -0.4 is 0 Å². The summed E-state index contributed by atoms with van der Waals surface area (Å²) in [4.78, 5) is 25.9. The molecule has 2 aliphatic heterocycles. The second-order valence-corrected chi connectivity index (χ2v) is 5.11. The van der Waals surface area contributed by atoms with Crippen molar-refractivity contribution in [3.8, 4) is 0 Å². The topological polar surface area (TPSA) is 60.9 Å². The lowest BCUT2D eigenvalue weighted by Crippen LogP contribution is -2.36. The van der Waals surface area contributed by atoms with Crippen molar-refractivity contribution in [2.75, 3.05) is 26.2 Å². The lowest BCUT2D eigenvalue weighted by molar-refractivity contribution is -0.133. The molecule has 0 radical (unpaired) electrons. The number of carbonyl (C=O) groups excluding carboxylic acids is 1. The first-order valence-corrected chi connectivity index (χ1v) is 5.75. The summed E-state index contributed by atoms with van der Waals surface area (Å²) in [7, 11) is 0. The van der Waals surface area contributed by atoms with E-state index in [2.05, 4.69) is 0 Å². The molecule has 0 aromatic heterocycles. The van der Waals surface area contributed by atoms with Gasteiger partial charge in [-0.1, -0.05) is 13.8 Å². The van der Waals surface area contributed by atoms with Crippen LogP contribution in [0, 0.1) is 17.8 Å². The molecule has 90 valence electrons. The minimum atomic E-state index is -0.837. The lowest BCUT2D eigenvalue weighted by Gasteiger charge is -2.21. The molecule has 0 aliphatic carbocycles. The van der Waals surface area contributed by atoms with E-state index in [-0.39, 0.29) is 11.8 Å². The Bertz CT molecular complexity index is 302. The molecule has 0 aromatic rings. The number of fused-ring (bicyclic) bond motifs is 1. The highest BCUT2D eigenvalue weighted by atomic mass is 16.4. The molecule has 0 spiro atoms. The highest BCUT2D eigenvalue weighted by Crippen LogP contribution is 2.31. The maximum atomic E-state index is 11.8. The van der Waals surface area contributed by atoms with Crippen LogP contribution in [0.15, 0.2) is 0 Å². The van der Waals surface area contributed by atoms with Gasteiger partial charge in [-0.25, -0.2) is 4.79 Å². The van der Waals surface area contributed by atoms with Crippen molar-refractivity contribution in [1.29, 1.82) is 0 Å². The van der Waals surface area contributed by atoms with Gasteiger partial charge in [0.05, 0.1) is 0 Å². The van der Waals surface area contributed by atoms with Gasteiger partial charge < -0.3 is 14.9 Å². The molecule has 2 atom stereocenters. The largest absolute Gasteiger partial charge is 0.465 e. The van der Waals surface area contributed by atoms with E-state index in [0.29, 0.717) is 24.9 Å². The summed E-state index contributed by atoms with van der Waals surface area (Å²) in [6, 6.07) is 0. The van der Waals surface area contributed by atoms with Crippen LogP contribution >= 0.6 is 0 Å². The standard InChI is InChI=1S/C11H18N2O3/c1-7(2)10(14)12-3-8-5-13(11(15)16)6-9(8)4-12/h7-9H,3-6H2,1-2H3,(H,15,16)/t8-,9+. The van der Waals surface area contributed by atoms with E-state index >= 15 is 0 Å². The van der Waals surface area contributed by atoms with Crippen LogP contribution in [-0.4, -0.2) is 53.1 Å². The number of rotatable bonds is 1. The van der Waals surface area contributed by atoms with Crippen molar-refractivity contribution >= 4 is 12.0 Å². The van der Waals surface area contributed by atoms with E-state index in [1.807, 2.05) is 18.7 Å². The molecule has 16 heavy (non-hydrogen) atoms. The van der Waals surface area contributed by atoms with Gasteiger partial charge >= 0.3 is 6.09 Å². The van der Waals surface area contributed by atoms with Crippen molar-refractivity contribution in [1.82, 2.24) is 9.80 Å². The Morgan fingerprint density at radius 1 is 1.06 bits per heavy atom. The summed E-state index contributed by atoms with van der Waals surface area (Å²) < 4.78 is 0. The van der Waals surface area contributed by atoms with Crippen LogP contribution in [-0.2, 0) is 4.79 Å². The Kier molecular flexibility index (Phi) is 2.78. The number of carbonyl (C=O) groups is 2. The molecule has 2 amide bonds. The smallest absolute Gasteiger partial charge is 0.407 e. The Morgan fingerprint density at radius 2 is 1.50 bits per heavy atom. The van der Waals surface area contributed by atoms with Gasteiger partial charge in [0.15, 0.2) is 0 Å². The van der Waals surface area contributed by atoms with Crippen molar-refractivity contribution in [2.24, 2.45) is 17.8 Å². The van der Waals surface area contributed by atoms with Crippen LogP contribution in [0.1, 0.15) is 13.8 Å². The van der Waals surface area contributed by atoms with Crippen molar-refractivity contribution < 1.29 is 14.7 Å². The van der Waals surface area contributed by atoms with Crippen LogP contribution in [0.3, 0.4) is 0 Å². The zero-order chi connectivity index (χ0) is 11.9. The minimum absolute atomic E-state index is 0.0365. The van der Waals surface area contributed by atoms with Crippen LogP contribution in [0.4, 0.5) is 4.79 Å². The maximum absolute atomic E-state index is 11.8. The average molecular weight is 226 g/mol. The Morgan fingerprint density at radius 3 is 1.88 bits per heavy atom. The van der Waals surface area contributed by atoms with E-state index in [1.165, 1.54) is 4.90 Å². The van der Waals surface area contributed by atoms with Gasteiger partial charge in [0.2, 0.25) is 5.91 Å². The lowest BCUT2D eigenvalue weighted by atomic mass is 10.0. The molecule has 0 unspecified atom stereocenters. The predicted molar refractivity (Wildman–Crippen MR) is 58.0 cm³/mol. The van der Waals surface area contributed by atoms with Gasteiger partial charge in [0.1, 0.15) is 0 Å². The predicted octanol–water partition coefficient (Wildman–Crippen LogP) is 0.711. The SMILES string of the molecule is CC(C)C(=O)N1C[C@H]2CN(C(=O)O)C[C@H]2C1. The highest BCUT2D eigenvalue weighted by molar-refractivity contribution is 5.78. The first-order valence-electron chi connectivity index (χ1n) is 5.75. The van der Waals surface area contributed by atoms with Gasteiger partial charge in [-0.05, 0) is 0 Å². The molecule has 2 heterocycles. The third-order valence-electron chi connectivity index (χ3n) is 3.56. The molecule has 0 aromatic carbocycles. The molecule has 1 N–H and O–H groups in total. The second-order valence-electron chi connectivity index (χ2n) is 5.11. The third kappa shape index (κ3) is 1.86. The Hall–Kier alpha value is -1.26. The molecular formula is C11H18N2O3. The molecule has 2 saturated heterocycles. The fourth-order valence-corrected chi connectivity index (χ4v) is 2.69. The Labute approximate surface area is 95.0 Å². The summed E-state index contributed by atoms with van der Waals surface area (Å²) in [6.45, 7) is 6.43. The number of likely N-dealkylation sites (tertiary alicyclic amines) is 2. The number of carboxylic acid groups (broad SMARTS) is 1. The van der Waals surface area contributed by atoms with Gasteiger partial charge in [-0.3, -0.25) is 4.79 Å². The number of hydrogen-bond acceptors (Lipinski definition) is 2. The van der Waals surface area contributed by atoms with Gasteiger partial charge in [0, 0.05) is 43.9 Å².